The minimum atomic E-state index is -4.47. The molecule has 0 atom stereocenters. The Balaban J connectivity index is 1.88. The summed E-state index contributed by atoms with van der Waals surface area (Å²) < 4.78 is 39.5. The monoisotopic (exact) mass is 447 g/mol. The first-order chi connectivity index (χ1) is 14.1. The van der Waals surface area contributed by atoms with Crippen LogP contribution in [0.15, 0.2) is 42.7 Å². The van der Waals surface area contributed by atoms with E-state index in [1.807, 2.05) is 32.9 Å². The number of fused-ring (bicyclic) bond motifs is 1. The molecule has 154 valence electrons. The summed E-state index contributed by atoms with van der Waals surface area (Å²) in [6, 6.07) is 9.36. The van der Waals surface area contributed by atoms with Crippen LogP contribution in [0.25, 0.3) is 21.3 Å². The van der Waals surface area contributed by atoms with Crippen LogP contribution in [0.3, 0.4) is 0 Å². The summed E-state index contributed by atoms with van der Waals surface area (Å²) in [5, 5.41) is 3.94. The third-order valence-corrected chi connectivity index (χ3v) is 6.35. The highest BCUT2D eigenvalue weighted by Gasteiger charge is 2.31. The fourth-order valence-corrected chi connectivity index (χ4v) is 4.49. The first-order valence-corrected chi connectivity index (χ1v) is 10.3. The molecule has 1 N–H and O–H groups in total. The molecule has 0 spiro atoms. The molecule has 0 saturated carbocycles. The van der Waals surface area contributed by atoms with Crippen molar-refractivity contribution in [3.8, 4) is 11.1 Å². The van der Waals surface area contributed by atoms with E-state index in [2.05, 4.69) is 21.4 Å². The van der Waals surface area contributed by atoms with Crippen molar-refractivity contribution in [3.05, 3.63) is 69.3 Å². The SMILES string of the molecule is Cc1ccc(-c2c(C)sc3ncnc(Nc4cc(C(F)(F)F)ccc4Cl)c23)cc1C. The van der Waals surface area contributed by atoms with Crippen LogP contribution in [0.1, 0.15) is 21.6 Å². The van der Waals surface area contributed by atoms with Gasteiger partial charge in [-0.3, -0.25) is 0 Å². The van der Waals surface area contributed by atoms with Crippen molar-refractivity contribution in [1.82, 2.24) is 9.97 Å². The second-order valence-electron chi connectivity index (χ2n) is 7.05. The lowest BCUT2D eigenvalue weighted by molar-refractivity contribution is -0.137. The summed E-state index contributed by atoms with van der Waals surface area (Å²) in [7, 11) is 0. The van der Waals surface area contributed by atoms with Gasteiger partial charge in [-0.15, -0.1) is 11.3 Å². The molecule has 2 heterocycles. The molecule has 0 unspecified atom stereocenters. The number of rotatable bonds is 3. The molecule has 0 saturated heterocycles. The predicted octanol–water partition coefficient (Wildman–Crippen LogP) is 7.70. The standard InChI is InChI=1S/C22H17ClF3N3S/c1-11-4-5-14(8-12(11)2)18-13(3)30-21-19(18)20(27-10-28-21)29-17-9-15(22(24,25)26)6-7-16(17)23/h4-10H,1-3H3,(H,27,28,29). The Bertz CT molecular complexity index is 1260. The molecule has 2 aromatic carbocycles. The topological polar surface area (TPSA) is 37.8 Å². The van der Waals surface area contributed by atoms with E-state index in [-0.39, 0.29) is 10.7 Å². The molecule has 0 bridgehead atoms. The van der Waals surface area contributed by atoms with Gasteiger partial charge >= 0.3 is 6.18 Å². The number of hydrogen-bond acceptors (Lipinski definition) is 4. The summed E-state index contributed by atoms with van der Waals surface area (Å²) in [5.41, 5.74) is 3.66. The molecule has 4 rings (SSSR count). The summed E-state index contributed by atoms with van der Waals surface area (Å²) >= 11 is 7.69. The summed E-state index contributed by atoms with van der Waals surface area (Å²) in [4.78, 5) is 10.5. The van der Waals surface area contributed by atoms with Crippen LogP contribution in [0.2, 0.25) is 5.02 Å². The Morgan fingerprint density at radius 3 is 2.43 bits per heavy atom. The van der Waals surface area contributed by atoms with Gasteiger partial charge in [0.1, 0.15) is 17.0 Å². The molecule has 8 heteroatoms. The number of aryl methyl sites for hydroxylation is 3. The number of halogens is 4. The average Bonchev–Trinajstić information content (AvgIpc) is 3.01. The largest absolute Gasteiger partial charge is 0.416 e. The summed E-state index contributed by atoms with van der Waals surface area (Å²) in [5.74, 6) is 0.416. The third-order valence-electron chi connectivity index (χ3n) is 5.01. The zero-order valence-electron chi connectivity index (χ0n) is 16.4. The first kappa shape index (κ1) is 20.6. The number of anilines is 2. The van der Waals surface area contributed by atoms with Crippen LogP contribution >= 0.6 is 22.9 Å². The minimum absolute atomic E-state index is 0.140. The molecule has 0 aliphatic rings. The molecule has 3 nitrogen and oxygen atoms in total. The first-order valence-electron chi connectivity index (χ1n) is 9.10. The van der Waals surface area contributed by atoms with E-state index < -0.39 is 11.7 Å². The molecule has 0 aliphatic heterocycles. The van der Waals surface area contributed by atoms with Crippen molar-refractivity contribution in [3.63, 3.8) is 0 Å². The lowest BCUT2D eigenvalue weighted by Crippen LogP contribution is -2.06. The second kappa shape index (κ2) is 7.56. The maximum Gasteiger partial charge on any atom is 0.416 e. The summed E-state index contributed by atoms with van der Waals surface area (Å²) in [6.07, 6.45) is -3.07. The Kier molecular flexibility index (Phi) is 5.20. The Hall–Kier alpha value is -2.64. The van der Waals surface area contributed by atoms with Crippen molar-refractivity contribution in [2.24, 2.45) is 0 Å². The van der Waals surface area contributed by atoms with Crippen molar-refractivity contribution in [2.75, 3.05) is 5.32 Å². The Morgan fingerprint density at radius 1 is 0.967 bits per heavy atom. The van der Waals surface area contributed by atoms with Crippen molar-refractivity contribution < 1.29 is 13.2 Å². The molecule has 0 fully saturated rings. The third kappa shape index (κ3) is 3.75. The van der Waals surface area contributed by atoms with E-state index in [0.717, 1.165) is 43.9 Å². The van der Waals surface area contributed by atoms with Crippen LogP contribution in [0, 0.1) is 20.8 Å². The number of nitrogens with zero attached hydrogens (tertiary/aromatic N) is 2. The van der Waals surface area contributed by atoms with Crippen LogP contribution in [-0.4, -0.2) is 9.97 Å². The molecule has 2 aromatic heterocycles. The van der Waals surface area contributed by atoms with Crippen molar-refractivity contribution >= 4 is 44.7 Å². The predicted molar refractivity (Wildman–Crippen MR) is 117 cm³/mol. The van der Waals surface area contributed by atoms with E-state index in [1.54, 1.807) is 0 Å². The lowest BCUT2D eigenvalue weighted by Gasteiger charge is -2.13. The molecule has 30 heavy (non-hydrogen) atoms. The Morgan fingerprint density at radius 2 is 1.73 bits per heavy atom. The fourth-order valence-electron chi connectivity index (χ4n) is 3.31. The van der Waals surface area contributed by atoms with Gasteiger partial charge in [0.25, 0.3) is 0 Å². The van der Waals surface area contributed by atoms with Gasteiger partial charge in [0.2, 0.25) is 0 Å². The Labute approximate surface area is 180 Å². The van der Waals surface area contributed by atoms with Crippen molar-refractivity contribution in [1.29, 1.82) is 0 Å². The molecule has 0 amide bonds. The molecular weight excluding hydrogens is 431 g/mol. The molecule has 4 aromatic rings. The number of alkyl halides is 3. The maximum atomic E-state index is 13.2. The number of benzene rings is 2. The van der Waals surface area contributed by atoms with Gasteiger partial charge in [-0.2, -0.15) is 13.2 Å². The zero-order chi connectivity index (χ0) is 21.6. The molecule has 0 radical (unpaired) electrons. The van der Waals surface area contributed by atoms with Gasteiger partial charge in [0.05, 0.1) is 21.7 Å². The van der Waals surface area contributed by atoms with E-state index >= 15 is 0 Å². The van der Waals surface area contributed by atoms with Crippen LogP contribution in [-0.2, 0) is 6.18 Å². The van der Waals surface area contributed by atoms with Gasteiger partial charge in [-0.05, 0) is 55.7 Å². The van der Waals surface area contributed by atoms with Crippen LogP contribution in [0.4, 0.5) is 24.7 Å². The number of nitrogens with one attached hydrogen (secondary N) is 1. The number of thiophene rings is 1. The number of hydrogen-bond donors (Lipinski definition) is 1. The van der Waals surface area contributed by atoms with Gasteiger partial charge in [0, 0.05) is 10.4 Å². The normalized spacial score (nSPS) is 11.8. The minimum Gasteiger partial charge on any atom is -0.338 e. The summed E-state index contributed by atoms with van der Waals surface area (Å²) in [6.45, 7) is 6.09. The molecule has 0 aliphatic carbocycles. The number of aromatic nitrogens is 2. The van der Waals surface area contributed by atoms with E-state index in [4.69, 9.17) is 11.6 Å². The average molecular weight is 448 g/mol. The quantitative estimate of drug-likeness (QED) is 0.349. The maximum absolute atomic E-state index is 13.2. The van der Waals surface area contributed by atoms with Crippen LogP contribution in [0.5, 0.6) is 0 Å². The zero-order valence-corrected chi connectivity index (χ0v) is 17.9. The molecular formula is C22H17ClF3N3S. The fraction of sp³-hybridized carbons (Fsp3) is 0.182. The highest BCUT2D eigenvalue weighted by molar-refractivity contribution is 7.19. The van der Waals surface area contributed by atoms with Gasteiger partial charge in [-0.1, -0.05) is 29.8 Å². The van der Waals surface area contributed by atoms with E-state index in [9.17, 15) is 13.2 Å². The lowest BCUT2D eigenvalue weighted by atomic mass is 9.99. The van der Waals surface area contributed by atoms with E-state index in [1.165, 1.54) is 29.3 Å². The van der Waals surface area contributed by atoms with Gasteiger partial charge < -0.3 is 5.32 Å². The highest BCUT2D eigenvalue weighted by atomic mass is 35.5. The highest BCUT2D eigenvalue weighted by Crippen LogP contribution is 2.42. The van der Waals surface area contributed by atoms with Crippen LogP contribution < -0.4 is 5.32 Å². The van der Waals surface area contributed by atoms with Gasteiger partial charge in [-0.25, -0.2) is 9.97 Å². The van der Waals surface area contributed by atoms with Crippen molar-refractivity contribution in [2.45, 2.75) is 26.9 Å². The smallest absolute Gasteiger partial charge is 0.338 e. The second-order valence-corrected chi connectivity index (χ2v) is 8.66. The van der Waals surface area contributed by atoms with Gasteiger partial charge in [0.15, 0.2) is 0 Å². The van der Waals surface area contributed by atoms with E-state index in [0.29, 0.717) is 5.82 Å².